The molecule has 152 valence electrons. The lowest BCUT2D eigenvalue weighted by molar-refractivity contribution is -0.129. The van der Waals surface area contributed by atoms with Gasteiger partial charge in [0.05, 0.1) is 6.54 Å². The van der Waals surface area contributed by atoms with Gasteiger partial charge in [-0.05, 0) is 61.2 Å². The molecule has 1 aliphatic rings. The molecular weight excluding hydrogens is 362 g/mol. The molecule has 5 heteroatoms. The quantitative estimate of drug-likeness (QED) is 0.733. The van der Waals surface area contributed by atoms with Crippen LogP contribution in [-0.2, 0) is 16.1 Å². The number of nitrogens with zero attached hydrogens (tertiary/aromatic N) is 2. The van der Waals surface area contributed by atoms with Gasteiger partial charge in [-0.25, -0.2) is 0 Å². The summed E-state index contributed by atoms with van der Waals surface area (Å²) in [7, 11) is 1.59. The van der Waals surface area contributed by atoms with E-state index in [1.54, 1.807) is 7.05 Å². The van der Waals surface area contributed by atoms with Gasteiger partial charge in [-0.1, -0.05) is 49.0 Å². The van der Waals surface area contributed by atoms with Gasteiger partial charge in [0, 0.05) is 19.3 Å². The number of carbonyl (C=O) groups excluding carboxylic acids is 2. The second-order valence-electron chi connectivity index (χ2n) is 7.61. The number of nitrogens with one attached hydrogen (secondary N) is 1. The first-order valence-electron chi connectivity index (χ1n) is 10.1. The van der Waals surface area contributed by atoms with E-state index >= 15 is 0 Å². The van der Waals surface area contributed by atoms with E-state index < -0.39 is 0 Å². The van der Waals surface area contributed by atoms with Crippen LogP contribution in [0.3, 0.4) is 0 Å². The van der Waals surface area contributed by atoms with E-state index in [2.05, 4.69) is 59.3 Å². The molecule has 0 aliphatic carbocycles. The maximum Gasteiger partial charge on any atom is 0.246 e. The van der Waals surface area contributed by atoms with Crippen LogP contribution in [0.15, 0.2) is 67.3 Å². The van der Waals surface area contributed by atoms with E-state index in [1.165, 1.54) is 22.1 Å². The maximum absolute atomic E-state index is 12.2. The first kappa shape index (κ1) is 20.8. The highest BCUT2D eigenvalue weighted by Crippen LogP contribution is 2.30. The van der Waals surface area contributed by atoms with Crippen molar-refractivity contribution in [1.29, 1.82) is 0 Å². The Labute approximate surface area is 173 Å². The van der Waals surface area contributed by atoms with E-state index in [0.29, 0.717) is 5.92 Å². The summed E-state index contributed by atoms with van der Waals surface area (Å²) < 4.78 is 0. The van der Waals surface area contributed by atoms with Crippen LogP contribution in [0.5, 0.6) is 0 Å². The topological polar surface area (TPSA) is 52.7 Å². The Morgan fingerprint density at radius 1 is 1.14 bits per heavy atom. The van der Waals surface area contributed by atoms with E-state index in [0.717, 1.165) is 38.2 Å². The Morgan fingerprint density at radius 3 is 2.55 bits per heavy atom. The van der Waals surface area contributed by atoms with Crippen LogP contribution in [0.25, 0.3) is 0 Å². The third-order valence-electron chi connectivity index (χ3n) is 5.41. The fraction of sp³-hybridized carbons (Fsp3) is 0.333. The summed E-state index contributed by atoms with van der Waals surface area (Å²) in [5.41, 5.74) is 3.40. The Morgan fingerprint density at radius 2 is 1.86 bits per heavy atom. The van der Waals surface area contributed by atoms with Crippen LogP contribution >= 0.6 is 0 Å². The fourth-order valence-corrected chi connectivity index (χ4v) is 3.79. The summed E-state index contributed by atoms with van der Waals surface area (Å²) in [5, 5.41) is 2.90. The molecule has 0 unspecified atom stereocenters. The zero-order chi connectivity index (χ0) is 20.6. The number of piperidine rings is 1. The molecule has 1 fully saturated rings. The lowest BCUT2D eigenvalue weighted by atomic mass is 9.89. The minimum Gasteiger partial charge on any atom is -0.333 e. The Hall–Kier alpha value is -2.92. The first-order chi connectivity index (χ1) is 14.0. The van der Waals surface area contributed by atoms with Crippen LogP contribution in [0.4, 0.5) is 5.69 Å². The number of hydrogen-bond donors (Lipinski definition) is 1. The zero-order valence-corrected chi connectivity index (χ0v) is 17.0. The van der Waals surface area contributed by atoms with Crippen molar-refractivity contribution in [2.24, 2.45) is 0 Å². The number of benzene rings is 2. The molecule has 1 N–H and O–H groups in total. The third kappa shape index (κ3) is 6.03. The van der Waals surface area contributed by atoms with Gasteiger partial charge in [0.25, 0.3) is 0 Å². The van der Waals surface area contributed by atoms with Gasteiger partial charge >= 0.3 is 0 Å². The number of amides is 2. The molecule has 3 rings (SSSR count). The minimum atomic E-state index is -0.267. The molecule has 2 aromatic rings. The zero-order valence-electron chi connectivity index (χ0n) is 17.0. The largest absolute Gasteiger partial charge is 0.333 e. The Balaban J connectivity index is 1.53. The molecule has 29 heavy (non-hydrogen) atoms. The van der Waals surface area contributed by atoms with Crippen molar-refractivity contribution in [2.45, 2.75) is 25.3 Å². The summed E-state index contributed by atoms with van der Waals surface area (Å²) in [6, 6.07) is 18.7. The molecule has 1 heterocycles. The van der Waals surface area contributed by atoms with Crippen LogP contribution in [0, 0.1) is 0 Å². The van der Waals surface area contributed by atoms with Crippen LogP contribution in [-0.4, -0.2) is 48.3 Å². The smallest absolute Gasteiger partial charge is 0.246 e. The molecule has 1 aliphatic heterocycles. The first-order valence-corrected chi connectivity index (χ1v) is 10.1. The molecule has 0 bridgehead atoms. The maximum atomic E-state index is 12.2. The molecular formula is C24H29N3O2. The third-order valence-corrected chi connectivity index (χ3v) is 5.41. The number of rotatable bonds is 7. The predicted octanol–water partition coefficient (Wildman–Crippen LogP) is 3.65. The van der Waals surface area contributed by atoms with Gasteiger partial charge in [0.2, 0.25) is 11.8 Å². The van der Waals surface area contributed by atoms with Gasteiger partial charge in [0.15, 0.2) is 0 Å². The van der Waals surface area contributed by atoms with Crippen molar-refractivity contribution in [1.82, 2.24) is 9.80 Å². The molecule has 0 aromatic heterocycles. The summed E-state index contributed by atoms with van der Waals surface area (Å²) >= 11 is 0. The number of likely N-dealkylation sites (N-methyl/N-ethyl adjacent to an activating group) is 1. The van der Waals surface area contributed by atoms with Crippen molar-refractivity contribution >= 4 is 17.5 Å². The molecule has 1 saturated heterocycles. The molecule has 0 atom stereocenters. The van der Waals surface area contributed by atoms with Crippen LogP contribution in [0.2, 0.25) is 0 Å². The highest BCUT2D eigenvalue weighted by atomic mass is 16.2. The average molecular weight is 392 g/mol. The van der Waals surface area contributed by atoms with E-state index in [9.17, 15) is 9.59 Å². The number of likely N-dealkylation sites (tertiary alicyclic amines) is 1. The average Bonchev–Trinajstić information content (AvgIpc) is 2.74. The number of carbonyl (C=O) groups is 2. The molecule has 2 amide bonds. The predicted molar refractivity (Wildman–Crippen MR) is 117 cm³/mol. The summed E-state index contributed by atoms with van der Waals surface area (Å²) in [5.74, 6) is 0.0255. The number of hydrogen-bond acceptors (Lipinski definition) is 3. The van der Waals surface area contributed by atoms with E-state index in [-0.39, 0.29) is 18.4 Å². The monoisotopic (exact) mass is 391 g/mol. The normalized spacial score (nSPS) is 14.9. The van der Waals surface area contributed by atoms with Crippen molar-refractivity contribution in [3.8, 4) is 0 Å². The Kier molecular flexibility index (Phi) is 7.19. The SMILES string of the molecule is C=CC(=O)N(C)CC(=O)Nc1cccc(C2CCN(Cc3ccccc3)CC2)c1. The van der Waals surface area contributed by atoms with Gasteiger partial charge < -0.3 is 10.2 Å². The minimum absolute atomic E-state index is 0.00690. The lowest BCUT2D eigenvalue weighted by Gasteiger charge is -2.32. The standard InChI is InChI=1S/C24H29N3O2/c1-3-24(29)26(2)18-23(28)25-22-11-7-10-21(16-22)20-12-14-27(15-13-20)17-19-8-5-4-6-9-19/h3-11,16,20H,1,12-15,17-18H2,2H3,(H,25,28). The molecule has 0 radical (unpaired) electrons. The second kappa shape index (κ2) is 10.0. The van der Waals surface area contributed by atoms with Crippen LogP contribution < -0.4 is 5.32 Å². The molecule has 5 nitrogen and oxygen atoms in total. The van der Waals surface area contributed by atoms with Gasteiger partial charge in [0.1, 0.15) is 0 Å². The van der Waals surface area contributed by atoms with Crippen molar-refractivity contribution in [3.05, 3.63) is 78.4 Å². The van der Waals surface area contributed by atoms with Gasteiger partial charge in [-0.2, -0.15) is 0 Å². The fourth-order valence-electron chi connectivity index (χ4n) is 3.79. The lowest BCUT2D eigenvalue weighted by Crippen LogP contribution is -2.34. The summed E-state index contributed by atoms with van der Waals surface area (Å²) in [6.07, 6.45) is 3.43. The van der Waals surface area contributed by atoms with Gasteiger partial charge in [-0.15, -0.1) is 0 Å². The second-order valence-corrected chi connectivity index (χ2v) is 7.61. The van der Waals surface area contributed by atoms with Gasteiger partial charge in [-0.3, -0.25) is 14.5 Å². The van der Waals surface area contributed by atoms with E-state index in [4.69, 9.17) is 0 Å². The highest BCUT2D eigenvalue weighted by molar-refractivity contribution is 5.96. The Bertz CT molecular complexity index is 842. The van der Waals surface area contributed by atoms with E-state index in [1.807, 2.05) is 12.1 Å². The molecule has 0 saturated carbocycles. The van der Waals surface area contributed by atoms with Crippen LogP contribution in [0.1, 0.15) is 29.9 Å². The summed E-state index contributed by atoms with van der Waals surface area (Å²) in [4.78, 5) is 27.6. The van der Waals surface area contributed by atoms with Crippen molar-refractivity contribution in [2.75, 3.05) is 32.0 Å². The number of anilines is 1. The van der Waals surface area contributed by atoms with Crippen molar-refractivity contribution in [3.63, 3.8) is 0 Å². The molecule has 0 spiro atoms. The molecule has 2 aromatic carbocycles. The van der Waals surface area contributed by atoms with Crippen molar-refractivity contribution < 1.29 is 9.59 Å². The summed E-state index contributed by atoms with van der Waals surface area (Å²) in [6.45, 7) is 6.59. The highest BCUT2D eigenvalue weighted by Gasteiger charge is 2.21.